The van der Waals surface area contributed by atoms with E-state index in [9.17, 15) is 13.2 Å². The third-order valence-electron chi connectivity index (χ3n) is 5.42. The van der Waals surface area contributed by atoms with Gasteiger partial charge in [0.1, 0.15) is 0 Å². The topological polar surface area (TPSA) is 69.7 Å². The van der Waals surface area contributed by atoms with Crippen molar-refractivity contribution < 1.29 is 13.2 Å². The van der Waals surface area contributed by atoms with Gasteiger partial charge in [0.2, 0.25) is 0 Å². The van der Waals surface area contributed by atoms with E-state index in [0.29, 0.717) is 17.8 Å². The van der Waals surface area contributed by atoms with Gasteiger partial charge in [0.25, 0.3) is 15.9 Å². The lowest BCUT2D eigenvalue weighted by atomic mass is 10.0. The van der Waals surface area contributed by atoms with Crippen LogP contribution in [0.3, 0.4) is 0 Å². The van der Waals surface area contributed by atoms with Gasteiger partial charge in [-0.05, 0) is 56.9 Å². The minimum atomic E-state index is -3.79. The van der Waals surface area contributed by atoms with E-state index in [-0.39, 0.29) is 16.8 Å². The fourth-order valence-electron chi connectivity index (χ4n) is 3.41. The largest absolute Gasteiger partial charge is 0.350 e. The van der Waals surface area contributed by atoms with Crippen LogP contribution in [0.5, 0.6) is 0 Å². The molecule has 0 saturated heterocycles. The number of benzene rings is 3. The molecule has 1 atom stereocenters. The van der Waals surface area contributed by atoms with E-state index >= 15 is 0 Å². The number of hydrogen-bond acceptors (Lipinski definition) is 4. The number of carbonyl (C=O) groups is 1. The Morgan fingerprint density at radius 2 is 1.56 bits per heavy atom. The third kappa shape index (κ3) is 5.36. The van der Waals surface area contributed by atoms with E-state index in [4.69, 9.17) is 0 Å². The lowest BCUT2D eigenvalue weighted by Crippen LogP contribution is -2.34. The number of rotatable bonds is 8. The number of aryl methyl sites for hydroxylation is 1. The Bertz CT molecular complexity index is 1160. The highest BCUT2D eigenvalue weighted by Gasteiger charge is 2.23. The molecule has 0 heterocycles. The zero-order chi connectivity index (χ0) is 23.3. The van der Waals surface area contributed by atoms with E-state index in [1.807, 2.05) is 44.1 Å². The number of carbonyl (C=O) groups excluding carboxylic acids is 1. The monoisotopic (exact) mass is 451 g/mol. The first kappa shape index (κ1) is 23.5. The van der Waals surface area contributed by atoms with Gasteiger partial charge in [-0.15, -0.1) is 0 Å². The molecular formula is C25H29N3O3S. The van der Waals surface area contributed by atoms with Gasteiger partial charge < -0.3 is 10.2 Å². The second-order valence-corrected chi connectivity index (χ2v) is 9.91. The smallest absolute Gasteiger partial charge is 0.264 e. The number of amides is 1. The molecule has 3 aromatic carbocycles. The number of nitrogens with one attached hydrogen (secondary N) is 1. The lowest BCUT2D eigenvalue weighted by molar-refractivity contribution is 0.0941. The number of likely N-dealkylation sites (N-methyl/N-ethyl adjacent to an activating group) is 1. The number of hydrogen-bond donors (Lipinski definition) is 1. The van der Waals surface area contributed by atoms with Crippen LogP contribution < -0.4 is 9.62 Å². The number of anilines is 1. The molecule has 3 aromatic rings. The molecule has 0 spiro atoms. The van der Waals surface area contributed by atoms with Crippen molar-refractivity contribution in [2.45, 2.75) is 17.9 Å². The standard InChI is InChI=1S/C25H29N3O3S/c1-19-13-15-20(16-14-19)24(27(2)3)18-26-25(29)21-9-8-12-23(17-21)32(30,31)28(4)22-10-6-5-7-11-22/h5-17,24H,18H2,1-4H3,(H,26,29)/t24-/m0/s1. The molecule has 168 valence electrons. The predicted octanol–water partition coefficient (Wildman–Crippen LogP) is 3.85. The van der Waals surface area contributed by atoms with Gasteiger partial charge in [0.05, 0.1) is 16.6 Å². The summed E-state index contributed by atoms with van der Waals surface area (Å²) in [4.78, 5) is 14.9. The maximum absolute atomic E-state index is 13.1. The summed E-state index contributed by atoms with van der Waals surface area (Å²) < 4.78 is 27.3. The molecule has 6 nitrogen and oxygen atoms in total. The average molecular weight is 452 g/mol. The predicted molar refractivity (Wildman–Crippen MR) is 128 cm³/mol. The molecule has 0 fully saturated rings. The van der Waals surface area contributed by atoms with E-state index in [1.54, 1.807) is 36.4 Å². The summed E-state index contributed by atoms with van der Waals surface area (Å²) in [7, 11) is 1.63. The second kappa shape index (κ2) is 9.97. The Morgan fingerprint density at radius 3 is 2.19 bits per heavy atom. The molecule has 3 rings (SSSR count). The number of nitrogens with zero attached hydrogens (tertiary/aromatic N) is 2. The van der Waals surface area contributed by atoms with Crippen LogP contribution in [0, 0.1) is 6.92 Å². The molecule has 32 heavy (non-hydrogen) atoms. The summed E-state index contributed by atoms with van der Waals surface area (Å²) in [5, 5.41) is 2.94. The minimum absolute atomic E-state index is 0.00400. The molecule has 1 N–H and O–H groups in total. The lowest BCUT2D eigenvalue weighted by Gasteiger charge is -2.25. The van der Waals surface area contributed by atoms with Crippen molar-refractivity contribution in [3.8, 4) is 0 Å². The van der Waals surface area contributed by atoms with Gasteiger partial charge in [-0.2, -0.15) is 0 Å². The molecule has 0 bridgehead atoms. The minimum Gasteiger partial charge on any atom is -0.350 e. The summed E-state index contributed by atoms with van der Waals surface area (Å²) >= 11 is 0. The Kier molecular flexibility index (Phi) is 7.33. The quantitative estimate of drug-likeness (QED) is 0.565. The first-order chi connectivity index (χ1) is 15.2. The van der Waals surface area contributed by atoms with Gasteiger partial charge in [0.15, 0.2) is 0 Å². The molecule has 1 amide bonds. The molecule has 0 radical (unpaired) electrons. The fourth-order valence-corrected chi connectivity index (χ4v) is 4.65. The van der Waals surface area contributed by atoms with Crippen molar-refractivity contribution in [2.75, 3.05) is 32.0 Å². The SMILES string of the molecule is Cc1ccc([C@H](CNC(=O)c2cccc(S(=O)(=O)N(C)c3ccccc3)c2)N(C)C)cc1. The van der Waals surface area contributed by atoms with Crippen LogP contribution in [-0.4, -0.2) is 46.9 Å². The highest BCUT2D eigenvalue weighted by atomic mass is 32.2. The molecule has 0 aliphatic carbocycles. The van der Waals surface area contributed by atoms with Crippen molar-refractivity contribution in [2.24, 2.45) is 0 Å². The zero-order valence-corrected chi connectivity index (χ0v) is 19.6. The van der Waals surface area contributed by atoms with Crippen molar-refractivity contribution in [3.63, 3.8) is 0 Å². The van der Waals surface area contributed by atoms with Crippen LogP contribution in [0.4, 0.5) is 5.69 Å². The van der Waals surface area contributed by atoms with E-state index < -0.39 is 10.0 Å². The van der Waals surface area contributed by atoms with Crippen LogP contribution >= 0.6 is 0 Å². The Balaban J connectivity index is 1.77. The highest BCUT2D eigenvalue weighted by molar-refractivity contribution is 7.92. The normalized spacial score (nSPS) is 12.4. The second-order valence-electron chi connectivity index (χ2n) is 7.94. The molecule has 0 aromatic heterocycles. The maximum Gasteiger partial charge on any atom is 0.264 e. The van der Waals surface area contributed by atoms with Gasteiger partial charge in [0, 0.05) is 19.2 Å². The number of sulfonamides is 1. The maximum atomic E-state index is 13.1. The first-order valence-corrected chi connectivity index (χ1v) is 11.8. The summed E-state index contributed by atoms with van der Waals surface area (Å²) in [6.45, 7) is 2.43. The van der Waals surface area contributed by atoms with Crippen LogP contribution in [0.2, 0.25) is 0 Å². The van der Waals surface area contributed by atoms with E-state index in [2.05, 4.69) is 17.4 Å². The van der Waals surface area contributed by atoms with Gasteiger partial charge in [-0.1, -0.05) is 54.1 Å². The highest BCUT2D eigenvalue weighted by Crippen LogP contribution is 2.23. The van der Waals surface area contributed by atoms with Crippen molar-refractivity contribution in [1.82, 2.24) is 10.2 Å². The van der Waals surface area contributed by atoms with Crippen LogP contribution in [0.25, 0.3) is 0 Å². The van der Waals surface area contributed by atoms with Gasteiger partial charge in [-0.3, -0.25) is 9.10 Å². The van der Waals surface area contributed by atoms with Crippen LogP contribution in [-0.2, 0) is 10.0 Å². The summed E-state index contributed by atoms with van der Waals surface area (Å²) in [6, 6.07) is 23.1. The number of para-hydroxylation sites is 1. The Hall–Kier alpha value is -3.16. The third-order valence-corrected chi connectivity index (χ3v) is 7.20. The molecule has 7 heteroatoms. The molecule has 0 saturated carbocycles. The van der Waals surface area contributed by atoms with Crippen LogP contribution in [0.1, 0.15) is 27.5 Å². The van der Waals surface area contributed by atoms with E-state index in [1.165, 1.54) is 29.0 Å². The Labute approximate surface area is 190 Å². The Morgan fingerprint density at radius 1 is 0.906 bits per heavy atom. The summed E-state index contributed by atoms with van der Waals surface area (Å²) in [6.07, 6.45) is 0. The van der Waals surface area contributed by atoms with Crippen LogP contribution in [0.15, 0.2) is 83.8 Å². The van der Waals surface area contributed by atoms with E-state index in [0.717, 1.165) is 5.56 Å². The van der Waals surface area contributed by atoms with Crippen molar-refractivity contribution in [1.29, 1.82) is 0 Å². The fraction of sp³-hybridized carbons (Fsp3) is 0.240. The zero-order valence-electron chi connectivity index (χ0n) is 18.8. The first-order valence-electron chi connectivity index (χ1n) is 10.4. The van der Waals surface area contributed by atoms with Gasteiger partial charge in [-0.25, -0.2) is 8.42 Å². The molecule has 0 aliphatic rings. The van der Waals surface area contributed by atoms with Gasteiger partial charge >= 0.3 is 0 Å². The molecular weight excluding hydrogens is 422 g/mol. The summed E-state index contributed by atoms with van der Waals surface area (Å²) in [5.74, 6) is -0.316. The summed E-state index contributed by atoms with van der Waals surface area (Å²) in [5.41, 5.74) is 3.12. The molecule has 0 aliphatic heterocycles. The van der Waals surface area contributed by atoms with Crippen molar-refractivity contribution in [3.05, 3.63) is 95.6 Å². The van der Waals surface area contributed by atoms with Crippen molar-refractivity contribution >= 4 is 21.6 Å². The average Bonchev–Trinajstić information content (AvgIpc) is 2.80. The molecule has 0 unspecified atom stereocenters.